The lowest BCUT2D eigenvalue weighted by Crippen LogP contribution is -2.42. The smallest absolute Gasteiger partial charge is 0.407 e. The molecule has 0 saturated carbocycles. The number of hydrogen-bond acceptors (Lipinski definition) is 7. The fraction of sp³-hybridized carbons (Fsp3) is 0.333. The highest BCUT2D eigenvalue weighted by Crippen LogP contribution is 2.44. The summed E-state index contributed by atoms with van der Waals surface area (Å²) in [6.45, 7) is 6.26. The maximum Gasteiger partial charge on any atom is 0.407 e. The summed E-state index contributed by atoms with van der Waals surface area (Å²) in [7, 11) is 0. The van der Waals surface area contributed by atoms with Gasteiger partial charge in [0.15, 0.2) is 5.78 Å². The van der Waals surface area contributed by atoms with Crippen LogP contribution in [0.3, 0.4) is 0 Å². The predicted molar refractivity (Wildman–Crippen MR) is 171 cm³/mol. The Kier molecular flexibility index (Phi) is 9.37. The maximum atomic E-state index is 12.7. The van der Waals surface area contributed by atoms with Crippen LogP contribution in [-0.4, -0.2) is 59.6 Å². The van der Waals surface area contributed by atoms with Gasteiger partial charge in [0.1, 0.15) is 30.8 Å². The van der Waals surface area contributed by atoms with E-state index in [1.807, 2.05) is 62.4 Å². The maximum absolute atomic E-state index is 12.7. The molecular formula is C36H38N2O7. The van der Waals surface area contributed by atoms with Gasteiger partial charge in [0, 0.05) is 30.9 Å². The Morgan fingerprint density at radius 2 is 1.60 bits per heavy atom. The molecular weight excluding hydrogens is 572 g/mol. The molecule has 1 atom stereocenters. The topological polar surface area (TPSA) is 135 Å². The molecule has 9 nitrogen and oxygen atoms in total. The number of aliphatic imine (C=N–C) groups is 1. The van der Waals surface area contributed by atoms with Gasteiger partial charge < -0.3 is 25.0 Å². The van der Waals surface area contributed by atoms with Crippen molar-refractivity contribution < 1.29 is 34.1 Å². The Hall–Kier alpha value is -4.92. The number of allylic oxidation sites excluding steroid dienone is 2. The number of carboxylic acids is 1. The fourth-order valence-corrected chi connectivity index (χ4v) is 6.09. The summed E-state index contributed by atoms with van der Waals surface area (Å²) in [5.74, 6) is -0.741. The standard InChI is InChI=1S/C36H38N2O7/c1-22(33-31(39)19-36(2,3)20-32(33)40)37-16-17-44-24-14-12-23(13-15-24)18-30(34(41)42)38-35(43)45-21-29-27-10-6-4-8-25(27)26-9-5-7-11-28(26)29/h4-15,29-30,39H,16-21H2,1-3H3,(H,38,43)(H,41,42)/t30-/m0/s1. The van der Waals surface area contributed by atoms with Crippen molar-refractivity contribution in [3.63, 3.8) is 0 Å². The summed E-state index contributed by atoms with van der Waals surface area (Å²) in [4.78, 5) is 41.6. The second kappa shape index (κ2) is 13.4. The number of alkyl carbamates (subject to hydrolysis) is 1. The molecule has 9 heteroatoms. The number of aliphatic hydroxyl groups is 1. The molecule has 1 amide bonds. The van der Waals surface area contributed by atoms with Gasteiger partial charge in [-0.25, -0.2) is 9.59 Å². The van der Waals surface area contributed by atoms with E-state index >= 15 is 0 Å². The third-order valence-corrected chi connectivity index (χ3v) is 8.22. The molecule has 0 heterocycles. The number of nitrogens with one attached hydrogen (secondary N) is 1. The minimum absolute atomic E-state index is 0.0622. The van der Waals surface area contributed by atoms with Gasteiger partial charge in [-0.2, -0.15) is 0 Å². The van der Waals surface area contributed by atoms with Crippen LogP contribution in [0.25, 0.3) is 11.1 Å². The molecule has 0 saturated heterocycles. The van der Waals surface area contributed by atoms with E-state index in [-0.39, 0.29) is 42.5 Å². The molecule has 0 bridgehead atoms. The van der Waals surface area contributed by atoms with Crippen LogP contribution < -0.4 is 10.1 Å². The van der Waals surface area contributed by atoms with Crippen LogP contribution in [0.2, 0.25) is 0 Å². The number of benzene rings is 3. The lowest BCUT2D eigenvalue weighted by Gasteiger charge is -2.29. The van der Waals surface area contributed by atoms with Crippen molar-refractivity contribution in [1.82, 2.24) is 5.32 Å². The van der Waals surface area contributed by atoms with Crippen LogP contribution in [0.4, 0.5) is 4.79 Å². The highest BCUT2D eigenvalue weighted by molar-refractivity contribution is 6.22. The first-order chi connectivity index (χ1) is 21.5. The van der Waals surface area contributed by atoms with E-state index in [4.69, 9.17) is 9.47 Å². The average molecular weight is 611 g/mol. The van der Waals surface area contributed by atoms with E-state index < -0.39 is 18.1 Å². The number of Topliss-reactive ketones (excluding diaryl/α,β-unsaturated/α-hetero) is 1. The number of amides is 1. The van der Waals surface area contributed by atoms with Crippen molar-refractivity contribution in [2.75, 3.05) is 19.8 Å². The second-order valence-electron chi connectivity index (χ2n) is 12.3. The summed E-state index contributed by atoms with van der Waals surface area (Å²) in [5, 5.41) is 22.6. The quantitative estimate of drug-likeness (QED) is 0.172. The van der Waals surface area contributed by atoms with E-state index in [1.54, 1.807) is 31.2 Å². The Morgan fingerprint density at radius 1 is 0.978 bits per heavy atom. The Morgan fingerprint density at radius 3 is 2.20 bits per heavy atom. The first kappa shape index (κ1) is 31.5. The lowest BCUT2D eigenvalue weighted by molar-refractivity contribution is -0.139. The molecule has 5 rings (SSSR count). The van der Waals surface area contributed by atoms with Gasteiger partial charge in [-0.15, -0.1) is 0 Å². The van der Waals surface area contributed by atoms with Gasteiger partial charge in [0.05, 0.1) is 12.1 Å². The van der Waals surface area contributed by atoms with Crippen molar-refractivity contribution in [2.24, 2.45) is 10.4 Å². The third-order valence-electron chi connectivity index (χ3n) is 8.22. The van der Waals surface area contributed by atoms with E-state index in [0.29, 0.717) is 42.0 Å². The Labute approximate surface area is 262 Å². The summed E-state index contributed by atoms with van der Waals surface area (Å²) in [5.41, 5.74) is 5.60. The van der Waals surface area contributed by atoms with Crippen molar-refractivity contribution in [3.8, 4) is 16.9 Å². The van der Waals surface area contributed by atoms with Crippen LogP contribution in [0.1, 0.15) is 56.2 Å². The van der Waals surface area contributed by atoms with E-state index in [0.717, 1.165) is 22.3 Å². The Balaban J connectivity index is 1.11. The number of aliphatic hydroxyl groups excluding tert-OH is 1. The molecule has 45 heavy (non-hydrogen) atoms. The molecule has 0 fully saturated rings. The highest BCUT2D eigenvalue weighted by atomic mass is 16.5. The van der Waals surface area contributed by atoms with Gasteiger partial charge >= 0.3 is 12.1 Å². The van der Waals surface area contributed by atoms with Crippen LogP contribution in [0.15, 0.2) is 89.1 Å². The normalized spacial score (nSPS) is 16.5. The minimum atomic E-state index is -1.18. The number of ether oxygens (including phenoxy) is 2. The number of nitrogens with zero attached hydrogens (tertiary/aromatic N) is 1. The summed E-state index contributed by atoms with van der Waals surface area (Å²) >= 11 is 0. The molecule has 2 aliphatic rings. The number of aliphatic carboxylic acids is 1. The van der Waals surface area contributed by atoms with E-state index in [1.165, 1.54) is 0 Å². The number of carbonyl (C=O) groups excluding carboxylic acids is 2. The van der Waals surface area contributed by atoms with Crippen LogP contribution in [0.5, 0.6) is 5.75 Å². The van der Waals surface area contributed by atoms with Crippen LogP contribution in [-0.2, 0) is 20.7 Å². The average Bonchev–Trinajstić information content (AvgIpc) is 3.31. The molecule has 0 aromatic heterocycles. The van der Waals surface area contributed by atoms with Crippen LogP contribution in [0, 0.1) is 5.41 Å². The zero-order valence-electron chi connectivity index (χ0n) is 25.7. The number of rotatable bonds is 11. The van der Waals surface area contributed by atoms with Crippen LogP contribution >= 0.6 is 0 Å². The molecule has 0 unspecified atom stereocenters. The predicted octanol–water partition coefficient (Wildman–Crippen LogP) is 6.26. The number of ketones is 1. The molecule has 0 radical (unpaired) electrons. The fourth-order valence-electron chi connectivity index (χ4n) is 6.09. The first-order valence-electron chi connectivity index (χ1n) is 15.1. The SMILES string of the molecule is CC(=NCCOc1ccc(C[C@H](NC(=O)OCC2c3ccccc3-c3ccccc32)C(=O)O)cc1)C1=C(O)CC(C)(C)CC1=O. The largest absolute Gasteiger partial charge is 0.511 e. The summed E-state index contributed by atoms with van der Waals surface area (Å²) < 4.78 is 11.3. The van der Waals surface area contributed by atoms with Gasteiger partial charge in [0.25, 0.3) is 0 Å². The number of carbonyl (C=O) groups is 3. The molecule has 234 valence electrons. The van der Waals surface area contributed by atoms with Gasteiger partial charge in [-0.05, 0) is 52.3 Å². The third kappa shape index (κ3) is 7.42. The van der Waals surface area contributed by atoms with E-state index in [2.05, 4.69) is 10.3 Å². The minimum Gasteiger partial charge on any atom is -0.511 e. The first-order valence-corrected chi connectivity index (χ1v) is 15.1. The molecule has 0 aliphatic heterocycles. The number of fused-ring (bicyclic) bond motifs is 3. The molecule has 3 N–H and O–H groups in total. The molecule has 2 aliphatic carbocycles. The summed E-state index contributed by atoms with van der Waals surface area (Å²) in [6.07, 6.45) is 0.0785. The Bertz CT molecular complexity index is 1610. The highest BCUT2D eigenvalue weighted by Gasteiger charge is 2.34. The molecule has 0 spiro atoms. The monoisotopic (exact) mass is 610 g/mol. The lowest BCUT2D eigenvalue weighted by atomic mass is 9.76. The second-order valence-corrected chi connectivity index (χ2v) is 12.3. The zero-order valence-corrected chi connectivity index (χ0v) is 25.7. The van der Waals surface area contributed by atoms with Crippen molar-refractivity contribution >= 4 is 23.6 Å². The molecule has 3 aromatic rings. The van der Waals surface area contributed by atoms with Crippen molar-refractivity contribution in [3.05, 3.63) is 101 Å². The van der Waals surface area contributed by atoms with Gasteiger partial charge in [0.2, 0.25) is 0 Å². The van der Waals surface area contributed by atoms with E-state index in [9.17, 15) is 24.6 Å². The zero-order chi connectivity index (χ0) is 32.1. The van der Waals surface area contributed by atoms with Crippen molar-refractivity contribution in [1.29, 1.82) is 0 Å². The van der Waals surface area contributed by atoms with Crippen molar-refractivity contribution in [2.45, 2.75) is 52.0 Å². The molecule has 3 aromatic carbocycles. The summed E-state index contributed by atoms with van der Waals surface area (Å²) in [6, 6.07) is 21.7. The number of hydrogen-bond donors (Lipinski definition) is 3. The van der Waals surface area contributed by atoms with Gasteiger partial charge in [-0.3, -0.25) is 9.79 Å². The van der Waals surface area contributed by atoms with Gasteiger partial charge in [-0.1, -0.05) is 74.5 Å². The number of carboxylic acid groups (broad SMARTS) is 1.